The zero-order valence-corrected chi connectivity index (χ0v) is 11.5. The third-order valence-corrected chi connectivity index (χ3v) is 4.03. The van der Waals surface area contributed by atoms with Crippen LogP contribution in [-0.4, -0.2) is 35.7 Å². The number of hydrogen-bond acceptors (Lipinski definition) is 4. The number of benzene rings is 1. The standard InChI is InChI=1S/C15H20FN3O/c16-11-3-4-13-14(18-20-15(13)10-11)2-1-7-19-8-5-12(17)6-9-19/h3-4,10,12H,1-2,5-9,17H2. The van der Waals surface area contributed by atoms with Gasteiger partial charge in [0.2, 0.25) is 0 Å². The van der Waals surface area contributed by atoms with Crippen molar-refractivity contribution in [3.63, 3.8) is 0 Å². The summed E-state index contributed by atoms with van der Waals surface area (Å²) in [6, 6.07) is 4.96. The number of fused-ring (bicyclic) bond motifs is 1. The van der Waals surface area contributed by atoms with E-state index in [9.17, 15) is 4.39 Å². The predicted molar refractivity (Wildman–Crippen MR) is 75.9 cm³/mol. The van der Waals surface area contributed by atoms with E-state index in [1.54, 1.807) is 6.07 Å². The first-order valence-electron chi connectivity index (χ1n) is 7.24. The summed E-state index contributed by atoms with van der Waals surface area (Å²) in [5.74, 6) is -0.287. The second-order valence-electron chi connectivity index (χ2n) is 5.55. The molecule has 2 aromatic rings. The lowest BCUT2D eigenvalue weighted by Gasteiger charge is -2.29. The second-order valence-corrected chi connectivity index (χ2v) is 5.55. The molecule has 0 aliphatic carbocycles. The van der Waals surface area contributed by atoms with Gasteiger partial charge < -0.3 is 15.2 Å². The summed E-state index contributed by atoms with van der Waals surface area (Å²) in [5, 5.41) is 4.97. The Balaban J connectivity index is 1.55. The number of aromatic nitrogens is 1. The summed E-state index contributed by atoms with van der Waals surface area (Å²) < 4.78 is 18.2. The van der Waals surface area contributed by atoms with Crippen molar-refractivity contribution in [2.45, 2.75) is 31.7 Å². The van der Waals surface area contributed by atoms with Gasteiger partial charge >= 0.3 is 0 Å². The largest absolute Gasteiger partial charge is 0.356 e. The third-order valence-electron chi connectivity index (χ3n) is 4.03. The topological polar surface area (TPSA) is 55.3 Å². The van der Waals surface area contributed by atoms with Gasteiger partial charge in [-0.05, 0) is 57.5 Å². The Labute approximate surface area is 117 Å². The first kappa shape index (κ1) is 13.5. The SMILES string of the molecule is NC1CCN(CCCc2noc3cc(F)ccc23)CC1. The summed E-state index contributed by atoms with van der Waals surface area (Å²) in [4.78, 5) is 2.45. The van der Waals surface area contributed by atoms with Crippen molar-refractivity contribution in [1.82, 2.24) is 10.1 Å². The molecule has 1 aromatic carbocycles. The first-order chi connectivity index (χ1) is 9.72. The maximum Gasteiger partial charge on any atom is 0.170 e. The Bertz CT molecular complexity index is 576. The van der Waals surface area contributed by atoms with Crippen molar-refractivity contribution in [2.24, 2.45) is 5.73 Å². The minimum Gasteiger partial charge on any atom is -0.356 e. The number of likely N-dealkylation sites (tertiary alicyclic amines) is 1. The number of halogens is 1. The Morgan fingerprint density at radius 1 is 1.35 bits per heavy atom. The van der Waals surface area contributed by atoms with Crippen LogP contribution in [0.5, 0.6) is 0 Å². The minimum absolute atomic E-state index is 0.287. The van der Waals surface area contributed by atoms with E-state index in [2.05, 4.69) is 10.1 Å². The Hall–Kier alpha value is -1.46. The molecule has 5 heteroatoms. The molecule has 1 aliphatic heterocycles. The van der Waals surface area contributed by atoms with Crippen molar-refractivity contribution >= 4 is 11.0 Å². The lowest BCUT2D eigenvalue weighted by Crippen LogP contribution is -2.40. The molecule has 20 heavy (non-hydrogen) atoms. The normalized spacial score (nSPS) is 17.9. The molecular formula is C15H20FN3O. The van der Waals surface area contributed by atoms with E-state index in [1.165, 1.54) is 12.1 Å². The predicted octanol–water partition coefficient (Wildman–Crippen LogP) is 2.32. The number of piperidine rings is 1. The minimum atomic E-state index is -0.287. The first-order valence-corrected chi connectivity index (χ1v) is 7.24. The van der Waals surface area contributed by atoms with Crippen molar-refractivity contribution in [3.05, 3.63) is 29.7 Å². The number of nitrogens with zero attached hydrogens (tertiary/aromatic N) is 2. The summed E-state index contributed by atoms with van der Waals surface area (Å²) >= 11 is 0. The maximum absolute atomic E-state index is 13.1. The Kier molecular flexibility index (Phi) is 3.98. The fourth-order valence-electron chi connectivity index (χ4n) is 2.79. The molecule has 2 N–H and O–H groups in total. The quantitative estimate of drug-likeness (QED) is 0.932. The van der Waals surface area contributed by atoms with Gasteiger partial charge in [0, 0.05) is 17.5 Å². The average Bonchev–Trinajstić information content (AvgIpc) is 2.83. The average molecular weight is 277 g/mol. The smallest absolute Gasteiger partial charge is 0.170 e. The van der Waals surface area contributed by atoms with Gasteiger partial charge in [-0.2, -0.15) is 0 Å². The molecule has 108 valence electrons. The molecule has 0 spiro atoms. The third kappa shape index (κ3) is 2.99. The van der Waals surface area contributed by atoms with Crippen LogP contribution < -0.4 is 5.73 Å². The molecule has 0 unspecified atom stereocenters. The summed E-state index contributed by atoms with van der Waals surface area (Å²) in [7, 11) is 0. The second kappa shape index (κ2) is 5.89. The van der Waals surface area contributed by atoms with E-state index in [0.717, 1.165) is 56.4 Å². The molecular weight excluding hydrogens is 257 g/mol. The van der Waals surface area contributed by atoms with Gasteiger partial charge in [0.15, 0.2) is 5.58 Å². The van der Waals surface area contributed by atoms with E-state index < -0.39 is 0 Å². The van der Waals surface area contributed by atoms with Crippen molar-refractivity contribution in [1.29, 1.82) is 0 Å². The van der Waals surface area contributed by atoms with Crippen LogP contribution in [0, 0.1) is 5.82 Å². The van der Waals surface area contributed by atoms with Crippen LogP contribution >= 0.6 is 0 Å². The Morgan fingerprint density at radius 2 is 2.15 bits per heavy atom. The lowest BCUT2D eigenvalue weighted by atomic mass is 10.1. The molecule has 4 nitrogen and oxygen atoms in total. The van der Waals surface area contributed by atoms with Crippen LogP contribution in [0.25, 0.3) is 11.0 Å². The van der Waals surface area contributed by atoms with Crippen LogP contribution in [0.2, 0.25) is 0 Å². The number of aryl methyl sites for hydroxylation is 1. The van der Waals surface area contributed by atoms with Crippen molar-refractivity contribution < 1.29 is 8.91 Å². The number of nitrogens with two attached hydrogens (primary N) is 1. The van der Waals surface area contributed by atoms with E-state index in [1.807, 2.05) is 0 Å². The van der Waals surface area contributed by atoms with Gasteiger partial charge in [0.1, 0.15) is 5.82 Å². The lowest BCUT2D eigenvalue weighted by molar-refractivity contribution is 0.211. The zero-order chi connectivity index (χ0) is 13.9. The molecule has 0 amide bonds. The number of hydrogen-bond donors (Lipinski definition) is 1. The van der Waals surface area contributed by atoms with Gasteiger partial charge in [-0.3, -0.25) is 0 Å². The van der Waals surface area contributed by atoms with E-state index in [-0.39, 0.29) is 5.82 Å². The van der Waals surface area contributed by atoms with Gasteiger partial charge in [0.25, 0.3) is 0 Å². The molecule has 1 fully saturated rings. The van der Waals surface area contributed by atoms with Gasteiger partial charge in [-0.25, -0.2) is 4.39 Å². The highest BCUT2D eigenvalue weighted by Crippen LogP contribution is 2.20. The molecule has 1 saturated heterocycles. The van der Waals surface area contributed by atoms with Gasteiger partial charge in [-0.15, -0.1) is 0 Å². The van der Waals surface area contributed by atoms with E-state index in [4.69, 9.17) is 10.3 Å². The summed E-state index contributed by atoms with van der Waals surface area (Å²) in [5.41, 5.74) is 7.35. The molecule has 1 aliphatic rings. The monoisotopic (exact) mass is 277 g/mol. The fraction of sp³-hybridized carbons (Fsp3) is 0.533. The molecule has 1 aromatic heterocycles. The highest BCUT2D eigenvalue weighted by atomic mass is 19.1. The summed E-state index contributed by atoms with van der Waals surface area (Å²) in [6.45, 7) is 3.24. The highest BCUT2D eigenvalue weighted by molar-refractivity contribution is 5.79. The van der Waals surface area contributed by atoms with Gasteiger partial charge in [-0.1, -0.05) is 5.16 Å². The fourth-order valence-corrected chi connectivity index (χ4v) is 2.79. The van der Waals surface area contributed by atoms with E-state index >= 15 is 0 Å². The maximum atomic E-state index is 13.1. The van der Waals surface area contributed by atoms with E-state index in [0.29, 0.717) is 11.6 Å². The van der Waals surface area contributed by atoms with Crippen LogP contribution in [0.1, 0.15) is 25.0 Å². The van der Waals surface area contributed by atoms with Gasteiger partial charge in [0.05, 0.1) is 5.69 Å². The summed E-state index contributed by atoms with van der Waals surface area (Å²) in [6.07, 6.45) is 4.08. The molecule has 3 rings (SSSR count). The van der Waals surface area contributed by atoms with Crippen LogP contribution in [0.4, 0.5) is 4.39 Å². The van der Waals surface area contributed by atoms with Crippen LogP contribution in [0.15, 0.2) is 22.7 Å². The zero-order valence-electron chi connectivity index (χ0n) is 11.5. The van der Waals surface area contributed by atoms with Crippen molar-refractivity contribution in [3.8, 4) is 0 Å². The Morgan fingerprint density at radius 3 is 2.95 bits per heavy atom. The van der Waals surface area contributed by atoms with Crippen LogP contribution in [-0.2, 0) is 6.42 Å². The molecule has 0 atom stereocenters. The van der Waals surface area contributed by atoms with Crippen LogP contribution in [0.3, 0.4) is 0 Å². The molecule has 0 bridgehead atoms. The highest BCUT2D eigenvalue weighted by Gasteiger charge is 2.16. The molecule has 0 radical (unpaired) electrons. The van der Waals surface area contributed by atoms with Crippen molar-refractivity contribution in [2.75, 3.05) is 19.6 Å². The number of rotatable bonds is 4. The molecule has 2 heterocycles. The molecule has 0 saturated carbocycles.